The number of hydrogen-bond acceptors (Lipinski definition) is 4. The van der Waals surface area contributed by atoms with Gasteiger partial charge in [0.1, 0.15) is 29.3 Å². The number of carbonyl (C=O) groups excluding carboxylic acids is 1. The minimum absolute atomic E-state index is 0.0791. The van der Waals surface area contributed by atoms with E-state index < -0.39 is 35.6 Å². The molecule has 1 N–H and O–H groups in total. The van der Waals surface area contributed by atoms with E-state index in [1.54, 1.807) is 20.8 Å². The molecule has 1 aliphatic rings. The third-order valence-corrected chi connectivity index (χ3v) is 3.98. The van der Waals surface area contributed by atoms with E-state index in [-0.39, 0.29) is 13.0 Å². The fourth-order valence-electron chi connectivity index (χ4n) is 2.39. The van der Waals surface area contributed by atoms with E-state index in [9.17, 15) is 19.1 Å². The Morgan fingerprint density at radius 3 is 2.58 bits per heavy atom. The Morgan fingerprint density at radius 2 is 2.04 bits per heavy atom. The van der Waals surface area contributed by atoms with Gasteiger partial charge in [-0.2, -0.15) is 0 Å². The highest BCUT2D eigenvalue weighted by molar-refractivity contribution is 9.10. The zero-order valence-corrected chi connectivity index (χ0v) is 15.2. The van der Waals surface area contributed by atoms with Gasteiger partial charge in [-0.1, -0.05) is 0 Å². The van der Waals surface area contributed by atoms with Gasteiger partial charge in [-0.3, -0.25) is 4.90 Å². The van der Waals surface area contributed by atoms with Crippen molar-refractivity contribution >= 4 is 28.0 Å². The van der Waals surface area contributed by atoms with Crippen LogP contribution in [0, 0.1) is 5.82 Å². The van der Waals surface area contributed by atoms with Crippen molar-refractivity contribution in [2.75, 3.05) is 6.54 Å². The normalized spacial score (nSPS) is 20.8. The molecular formula is C16H19BrFNO5. The Balaban J connectivity index is 2.11. The van der Waals surface area contributed by atoms with Gasteiger partial charge in [-0.15, -0.1) is 0 Å². The van der Waals surface area contributed by atoms with Crippen LogP contribution in [0.15, 0.2) is 22.7 Å². The number of nitrogens with zero attached hydrogens (tertiary/aromatic N) is 1. The van der Waals surface area contributed by atoms with Crippen molar-refractivity contribution in [1.82, 2.24) is 4.90 Å². The first-order chi connectivity index (χ1) is 11.1. The SMILES string of the molecule is CC(C)(C)OC(=O)N1C[C@H](Oc2ccc(F)cc2Br)C[C@@H]1C(=O)O. The van der Waals surface area contributed by atoms with Gasteiger partial charge in [0.05, 0.1) is 11.0 Å². The maximum Gasteiger partial charge on any atom is 0.411 e. The number of aliphatic carboxylic acids is 1. The summed E-state index contributed by atoms with van der Waals surface area (Å²) in [6.45, 7) is 5.21. The molecule has 0 spiro atoms. The van der Waals surface area contributed by atoms with Crippen molar-refractivity contribution in [1.29, 1.82) is 0 Å². The predicted octanol–water partition coefficient (Wildman–Crippen LogP) is 3.43. The summed E-state index contributed by atoms with van der Waals surface area (Å²) in [6, 6.07) is 2.93. The lowest BCUT2D eigenvalue weighted by Gasteiger charge is -2.26. The fraction of sp³-hybridized carbons (Fsp3) is 0.500. The molecule has 0 unspecified atom stereocenters. The van der Waals surface area contributed by atoms with Crippen LogP contribution < -0.4 is 4.74 Å². The smallest absolute Gasteiger partial charge is 0.411 e. The number of carbonyl (C=O) groups is 2. The summed E-state index contributed by atoms with van der Waals surface area (Å²) in [5.41, 5.74) is -0.723. The van der Waals surface area contributed by atoms with Crippen molar-refractivity contribution < 1.29 is 28.6 Å². The van der Waals surface area contributed by atoms with Crippen LogP contribution in [-0.4, -0.2) is 46.4 Å². The van der Waals surface area contributed by atoms with Gasteiger partial charge in [0.25, 0.3) is 0 Å². The van der Waals surface area contributed by atoms with Crippen molar-refractivity contribution in [3.8, 4) is 5.75 Å². The second kappa shape index (κ2) is 6.96. The molecule has 8 heteroatoms. The molecule has 2 rings (SSSR count). The van der Waals surface area contributed by atoms with Gasteiger partial charge in [-0.05, 0) is 54.9 Å². The van der Waals surface area contributed by atoms with Gasteiger partial charge in [-0.25, -0.2) is 14.0 Å². The molecule has 1 fully saturated rings. The number of rotatable bonds is 3. The zero-order chi connectivity index (χ0) is 18.1. The van der Waals surface area contributed by atoms with Crippen molar-refractivity contribution in [2.24, 2.45) is 0 Å². The standard InChI is InChI=1S/C16H19BrFNO5/c1-16(2,3)24-15(22)19-8-10(7-12(19)14(20)21)23-13-5-4-9(18)6-11(13)17/h4-6,10,12H,7-8H2,1-3H3,(H,20,21)/t10-,12-/m1/s1. The van der Waals surface area contributed by atoms with E-state index >= 15 is 0 Å². The second-order valence-electron chi connectivity index (χ2n) is 6.54. The van der Waals surface area contributed by atoms with Crippen LogP contribution in [0.3, 0.4) is 0 Å². The van der Waals surface area contributed by atoms with Crippen LogP contribution in [0.2, 0.25) is 0 Å². The van der Waals surface area contributed by atoms with Gasteiger partial charge < -0.3 is 14.6 Å². The van der Waals surface area contributed by atoms with E-state index in [1.165, 1.54) is 18.2 Å². The highest BCUT2D eigenvalue weighted by atomic mass is 79.9. The Kier molecular flexibility index (Phi) is 5.37. The van der Waals surface area contributed by atoms with E-state index in [1.807, 2.05) is 0 Å². The largest absolute Gasteiger partial charge is 0.487 e. The van der Waals surface area contributed by atoms with E-state index in [0.717, 1.165) is 4.90 Å². The Labute approximate surface area is 147 Å². The molecule has 1 saturated heterocycles. The molecule has 2 atom stereocenters. The number of hydrogen-bond donors (Lipinski definition) is 1. The summed E-state index contributed by atoms with van der Waals surface area (Å²) in [6.07, 6.45) is -1.10. The van der Waals surface area contributed by atoms with Crippen LogP contribution in [0.1, 0.15) is 27.2 Å². The second-order valence-corrected chi connectivity index (χ2v) is 7.39. The molecule has 0 aromatic heterocycles. The summed E-state index contributed by atoms with van der Waals surface area (Å²) in [5.74, 6) is -1.15. The van der Waals surface area contributed by atoms with Crippen molar-refractivity contribution in [3.63, 3.8) is 0 Å². The summed E-state index contributed by atoms with van der Waals surface area (Å²) in [7, 11) is 0. The molecule has 1 aromatic carbocycles. The summed E-state index contributed by atoms with van der Waals surface area (Å²) in [5, 5.41) is 9.34. The maximum absolute atomic E-state index is 13.1. The number of halogens is 2. The summed E-state index contributed by atoms with van der Waals surface area (Å²) >= 11 is 3.20. The van der Waals surface area contributed by atoms with E-state index in [2.05, 4.69) is 15.9 Å². The quantitative estimate of drug-likeness (QED) is 0.836. The lowest BCUT2D eigenvalue weighted by atomic mass is 10.2. The van der Waals surface area contributed by atoms with Crippen molar-refractivity contribution in [2.45, 2.75) is 44.9 Å². The third-order valence-electron chi connectivity index (χ3n) is 3.36. The van der Waals surface area contributed by atoms with E-state index in [4.69, 9.17) is 9.47 Å². The van der Waals surface area contributed by atoms with Gasteiger partial charge in [0.15, 0.2) is 0 Å². The molecule has 24 heavy (non-hydrogen) atoms. The van der Waals surface area contributed by atoms with Gasteiger partial charge >= 0.3 is 12.1 Å². The summed E-state index contributed by atoms with van der Waals surface area (Å²) in [4.78, 5) is 24.8. The lowest BCUT2D eigenvalue weighted by molar-refractivity contribution is -0.142. The fourth-order valence-corrected chi connectivity index (χ4v) is 2.83. The minimum atomic E-state index is -1.12. The molecule has 1 aliphatic heterocycles. The Morgan fingerprint density at radius 1 is 1.38 bits per heavy atom. The molecule has 0 aliphatic carbocycles. The molecule has 6 nitrogen and oxygen atoms in total. The first-order valence-corrected chi connectivity index (χ1v) is 8.20. The maximum atomic E-state index is 13.1. The number of amides is 1. The van der Waals surface area contributed by atoms with Crippen LogP contribution >= 0.6 is 15.9 Å². The van der Waals surface area contributed by atoms with Gasteiger partial charge in [0, 0.05) is 6.42 Å². The average molecular weight is 404 g/mol. The minimum Gasteiger partial charge on any atom is -0.487 e. The van der Waals surface area contributed by atoms with Crippen LogP contribution in [0.25, 0.3) is 0 Å². The van der Waals surface area contributed by atoms with E-state index in [0.29, 0.717) is 10.2 Å². The zero-order valence-electron chi connectivity index (χ0n) is 13.6. The molecule has 0 saturated carbocycles. The van der Waals surface area contributed by atoms with Crippen molar-refractivity contribution in [3.05, 3.63) is 28.5 Å². The Hall–Kier alpha value is -1.83. The number of likely N-dealkylation sites (tertiary alicyclic amines) is 1. The predicted molar refractivity (Wildman–Crippen MR) is 87.5 cm³/mol. The average Bonchev–Trinajstić information content (AvgIpc) is 2.84. The number of carboxylic acids is 1. The van der Waals surface area contributed by atoms with Gasteiger partial charge in [0.2, 0.25) is 0 Å². The molecule has 1 aromatic rings. The van der Waals surface area contributed by atoms with Crippen LogP contribution in [-0.2, 0) is 9.53 Å². The molecule has 132 valence electrons. The molecular weight excluding hydrogens is 385 g/mol. The first kappa shape index (κ1) is 18.5. The monoisotopic (exact) mass is 403 g/mol. The van der Waals surface area contributed by atoms with Crippen LogP contribution in [0.5, 0.6) is 5.75 Å². The summed E-state index contributed by atoms with van der Waals surface area (Å²) < 4.78 is 24.5. The first-order valence-electron chi connectivity index (χ1n) is 7.41. The highest BCUT2D eigenvalue weighted by Crippen LogP contribution is 2.30. The highest BCUT2D eigenvalue weighted by Gasteiger charge is 2.42. The molecule has 1 amide bonds. The molecule has 1 heterocycles. The Bertz CT molecular complexity index is 646. The lowest BCUT2D eigenvalue weighted by Crippen LogP contribution is -2.43. The number of benzene rings is 1. The van der Waals surface area contributed by atoms with Crippen LogP contribution in [0.4, 0.5) is 9.18 Å². The number of carboxylic acid groups (broad SMARTS) is 1. The third kappa shape index (κ3) is 4.59. The molecule has 0 bridgehead atoms. The molecule has 0 radical (unpaired) electrons. The topological polar surface area (TPSA) is 76.1 Å². The number of ether oxygens (including phenoxy) is 2.